The van der Waals surface area contributed by atoms with Crippen LogP contribution >= 0.6 is 0 Å². The first-order valence-corrected chi connectivity index (χ1v) is 10.9. The summed E-state index contributed by atoms with van der Waals surface area (Å²) in [7, 11) is 0. The van der Waals surface area contributed by atoms with Crippen LogP contribution in [-0.4, -0.2) is 50.9 Å². The Bertz CT molecular complexity index is 1080. The number of aryl methyl sites for hydroxylation is 1. The molecule has 1 aliphatic heterocycles. The highest BCUT2D eigenvalue weighted by atomic mass is 16.5. The van der Waals surface area contributed by atoms with Gasteiger partial charge in [0.05, 0.1) is 29.7 Å². The van der Waals surface area contributed by atoms with Crippen molar-refractivity contribution in [2.75, 3.05) is 18.4 Å². The number of benzene rings is 1. The Hall–Kier alpha value is -2.77. The Morgan fingerprint density at radius 1 is 1.23 bits per heavy atom. The highest BCUT2D eigenvalue weighted by molar-refractivity contribution is 6.06. The molecule has 1 aliphatic rings. The van der Waals surface area contributed by atoms with Gasteiger partial charge in [0.15, 0.2) is 5.65 Å². The fourth-order valence-corrected chi connectivity index (χ4v) is 4.30. The number of anilines is 1. The number of pyridine rings is 1. The van der Waals surface area contributed by atoms with E-state index in [2.05, 4.69) is 54.1 Å². The molecule has 2 aromatic heterocycles. The van der Waals surface area contributed by atoms with Crippen LogP contribution in [0.2, 0.25) is 0 Å². The number of fused-ring (bicyclic) bond motifs is 1. The maximum atomic E-state index is 13.2. The van der Waals surface area contributed by atoms with E-state index in [4.69, 9.17) is 4.74 Å². The number of ether oxygens (including phenoxy) is 1. The number of carbonyl (C=O) groups excluding carboxylic acids is 1. The number of nitrogens with zero attached hydrogens (tertiary/aromatic N) is 4. The third kappa shape index (κ3) is 4.62. The molecule has 1 fully saturated rings. The number of nitrogens with one attached hydrogen (secondary N) is 1. The summed E-state index contributed by atoms with van der Waals surface area (Å²) < 4.78 is 7.72. The number of carbonyl (C=O) groups is 1. The first-order chi connectivity index (χ1) is 14.8. The maximum absolute atomic E-state index is 13.2. The minimum Gasteiger partial charge on any atom is -0.373 e. The fraction of sp³-hybridized carbons (Fsp3) is 0.458. The summed E-state index contributed by atoms with van der Waals surface area (Å²) in [6, 6.07) is 10.1. The van der Waals surface area contributed by atoms with Gasteiger partial charge in [-0.05, 0) is 52.3 Å². The Morgan fingerprint density at radius 2 is 1.94 bits per heavy atom. The molecular formula is C24H31N5O2. The lowest BCUT2D eigenvalue weighted by atomic mass is 10.1. The number of para-hydroxylation sites is 1. The van der Waals surface area contributed by atoms with E-state index in [1.54, 1.807) is 6.20 Å². The lowest BCUT2D eigenvalue weighted by Gasteiger charge is -2.35. The van der Waals surface area contributed by atoms with Crippen molar-refractivity contribution in [1.82, 2.24) is 19.7 Å². The minimum atomic E-state index is -0.152. The number of hydrogen-bond donors (Lipinski definition) is 1. The minimum absolute atomic E-state index is 0.152. The van der Waals surface area contributed by atoms with Gasteiger partial charge in [0.2, 0.25) is 0 Å². The van der Waals surface area contributed by atoms with Crippen molar-refractivity contribution in [1.29, 1.82) is 0 Å². The molecule has 0 spiro atoms. The predicted molar refractivity (Wildman–Crippen MR) is 122 cm³/mol. The second-order valence-electron chi connectivity index (χ2n) is 8.78. The van der Waals surface area contributed by atoms with E-state index in [1.807, 2.05) is 35.9 Å². The molecule has 1 aromatic carbocycles. The molecule has 31 heavy (non-hydrogen) atoms. The number of hydrogen-bond acceptors (Lipinski definition) is 5. The third-order valence-electron chi connectivity index (χ3n) is 5.65. The first kappa shape index (κ1) is 21.5. The van der Waals surface area contributed by atoms with Crippen LogP contribution in [0.25, 0.3) is 11.0 Å². The molecule has 164 valence electrons. The van der Waals surface area contributed by atoms with E-state index < -0.39 is 0 Å². The van der Waals surface area contributed by atoms with E-state index >= 15 is 0 Å². The molecule has 7 heteroatoms. The fourth-order valence-electron chi connectivity index (χ4n) is 4.30. The molecule has 1 N–H and O–H groups in total. The van der Waals surface area contributed by atoms with Crippen molar-refractivity contribution in [2.24, 2.45) is 0 Å². The van der Waals surface area contributed by atoms with Gasteiger partial charge in [-0.25, -0.2) is 9.67 Å². The lowest BCUT2D eigenvalue weighted by molar-refractivity contribution is -0.0704. The van der Waals surface area contributed by atoms with Gasteiger partial charge in [0.1, 0.15) is 0 Å². The summed E-state index contributed by atoms with van der Waals surface area (Å²) in [5.74, 6) is -0.152. The van der Waals surface area contributed by atoms with Gasteiger partial charge in [0.25, 0.3) is 5.91 Å². The monoisotopic (exact) mass is 421 g/mol. The van der Waals surface area contributed by atoms with E-state index in [1.165, 1.54) is 0 Å². The topological polar surface area (TPSA) is 72.3 Å². The van der Waals surface area contributed by atoms with Crippen LogP contribution in [-0.2, 0) is 11.3 Å². The summed E-state index contributed by atoms with van der Waals surface area (Å²) in [5.41, 5.74) is 3.99. The van der Waals surface area contributed by atoms with E-state index in [-0.39, 0.29) is 24.2 Å². The molecule has 0 radical (unpaired) electrons. The molecule has 0 bridgehead atoms. The maximum Gasteiger partial charge on any atom is 0.257 e. The third-order valence-corrected chi connectivity index (χ3v) is 5.65. The average Bonchev–Trinajstić information content (AvgIpc) is 3.11. The molecule has 1 saturated heterocycles. The first-order valence-electron chi connectivity index (χ1n) is 10.9. The number of amides is 1. The molecule has 0 aliphatic carbocycles. The molecule has 7 nitrogen and oxygen atoms in total. The SMILES string of the molecule is Cc1nc2c(cnn2C(C)C)cc1C(=O)Nc1ccccc1CN1CC(C)OC(C)C1. The summed E-state index contributed by atoms with van der Waals surface area (Å²) in [4.78, 5) is 20.2. The molecule has 3 heterocycles. The van der Waals surface area contributed by atoms with Gasteiger partial charge in [-0.3, -0.25) is 9.69 Å². The van der Waals surface area contributed by atoms with E-state index in [0.717, 1.165) is 41.9 Å². The molecule has 0 saturated carbocycles. The highest BCUT2D eigenvalue weighted by Crippen LogP contribution is 2.23. The van der Waals surface area contributed by atoms with Crippen molar-refractivity contribution < 1.29 is 9.53 Å². The van der Waals surface area contributed by atoms with Crippen LogP contribution in [0.1, 0.15) is 55.4 Å². The quantitative estimate of drug-likeness (QED) is 0.669. The molecule has 4 rings (SSSR count). The van der Waals surface area contributed by atoms with Gasteiger partial charge in [-0.15, -0.1) is 0 Å². The molecule has 3 aromatic rings. The number of aromatic nitrogens is 3. The standard InChI is InChI=1S/C24H31N5O2/c1-15(2)29-23-20(11-25-29)10-21(18(5)26-23)24(30)27-22-9-7-6-8-19(22)14-28-12-16(3)31-17(4)13-28/h6-11,15-17H,12-14H2,1-5H3,(H,27,30). The molecular weight excluding hydrogens is 390 g/mol. The summed E-state index contributed by atoms with van der Waals surface area (Å²) in [6.07, 6.45) is 2.18. The Balaban J connectivity index is 1.56. The second-order valence-corrected chi connectivity index (χ2v) is 8.78. The van der Waals surface area contributed by atoms with Crippen LogP contribution in [0.5, 0.6) is 0 Å². The van der Waals surface area contributed by atoms with E-state index in [0.29, 0.717) is 11.3 Å². The number of rotatable bonds is 5. The normalized spacial score (nSPS) is 19.8. The van der Waals surface area contributed by atoms with Gasteiger partial charge in [-0.1, -0.05) is 18.2 Å². The Labute approximate surface area is 183 Å². The van der Waals surface area contributed by atoms with Gasteiger partial charge in [-0.2, -0.15) is 5.10 Å². The average molecular weight is 422 g/mol. The Morgan fingerprint density at radius 3 is 2.65 bits per heavy atom. The van der Waals surface area contributed by atoms with Gasteiger partial charge >= 0.3 is 0 Å². The summed E-state index contributed by atoms with van der Waals surface area (Å²) >= 11 is 0. The molecule has 1 amide bonds. The molecule has 2 unspecified atom stereocenters. The second kappa shape index (κ2) is 8.77. The van der Waals surface area contributed by atoms with Crippen molar-refractivity contribution in [3.8, 4) is 0 Å². The van der Waals surface area contributed by atoms with Crippen molar-refractivity contribution in [2.45, 2.75) is 59.4 Å². The van der Waals surface area contributed by atoms with Crippen molar-refractivity contribution in [3.05, 3.63) is 53.3 Å². The Kier molecular flexibility index (Phi) is 6.07. The number of morpholine rings is 1. The zero-order valence-electron chi connectivity index (χ0n) is 18.9. The van der Waals surface area contributed by atoms with Crippen LogP contribution in [0.3, 0.4) is 0 Å². The van der Waals surface area contributed by atoms with Crippen LogP contribution in [0.4, 0.5) is 5.69 Å². The van der Waals surface area contributed by atoms with E-state index in [9.17, 15) is 4.79 Å². The van der Waals surface area contributed by atoms with Crippen molar-refractivity contribution in [3.63, 3.8) is 0 Å². The van der Waals surface area contributed by atoms with Gasteiger partial charge in [0, 0.05) is 36.7 Å². The van der Waals surface area contributed by atoms with Crippen molar-refractivity contribution >= 4 is 22.6 Å². The predicted octanol–water partition coefficient (Wildman–Crippen LogP) is 4.18. The molecule has 2 atom stereocenters. The van der Waals surface area contributed by atoms with Gasteiger partial charge < -0.3 is 10.1 Å². The van der Waals surface area contributed by atoms with Crippen LogP contribution in [0, 0.1) is 6.92 Å². The highest BCUT2D eigenvalue weighted by Gasteiger charge is 2.23. The summed E-state index contributed by atoms with van der Waals surface area (Å²) in [5, 5.41) is 8.40. The smallest absolute Gasteiger partial charge is 0.257 e. The zero-order valence-corrected chi connectivity index (χ0v) is 18.9. The zero-order chi connectivity index (χ0) is 22.1. The lowest BCUT2D eigenvalue weighted by Crippen LogP contribution is -2.44. The largest absolute Gasteiger partial charge is 0.373 e. The van der Waals surface area contributed by atoms with Crippen LogP contribution in [0.15, 0.2) is 36.5 Å². The van der Waals surface area contributed by atoms with Crippen LogP contribution < -0.4 is 5.32 Å². The summed E-state index contributed by atoms with van der Waals surface area (Å²) in [6.45, 7) is 12.7.